The van der Waals surface area contributed by atoms with Crippen LogP contribution in [0, 0.1) is 0 Å². The number of hydrogen-bond donors (Lipinski definition) is 3. The third kappa shape index (κ3) is 4.84. The number of rotatable bonds is 9. The molecule has 0 spiro atoms. The zero-order valence-electron chi connectivity index (χ0n) is 16.8. The van der Waals surface area contributed by atoms with Crippen LogP contribution in [0.25, 0.3) is 11.2 Å². The maximum Gasteiger partial charge on any atom is 0.329 e. The molecule has 0 saturated heterocycles. The third-order valence-electron chi connectivity index (χ3n) is 4.43. The Bertz CT molecular complexity index is 1070. The van der Waals surface area contributed by atoms with Gasteiger partial charge in [0.25, 0.3) is 5.56 Å². The number of imidazole rings is 1. The van der Waals surface area contributed by atoms with Crippen LogP contribution in [0.4, 0.5) is 5.95 Å². The van der Waals surface area contributed by atoms with Crippen LogP contribution in [0.3, 0.4) is 0 Å². The third-order valence-corrected chi connectivity index (χ3v) is 4.43. The number of para-hydroxylation sites is 1. The number of aliphatic hydroxyl groups is 1. The van der Waals surface area contributed by atoms with E-state index in [1.165, 1.54) is 11.6 Å². The first-order valence-corrected chi connectivity index (χ1v) is 9.31. The van der Waals surface area contributed by atoms with Crippen LogP contribution in [0.15, 0.2) is 39.9 Å². The van der Waals surface area contributed by atoms with E-state index in [0.29, 0.717) is 18.2 Å². The fourth-order valence-electron chi connectivity index (χ4n) is 2.91. The molecule has 0 bridgehead atoms. The van der Waals surface area contributed by atoms with E-state index in [9.17, 15) is 14.7 Å². The van der Waals surface area contributed by atoms with Crippen LogP contribution in [0.1, 0.15) is 0 Å². The number of aromatic amines is 1. The fraction of sp³-hybridized carbons (Fsp3) is 0.421. The number of ether oxygens (including phenoxy) is 1. The Morgan fingerprint density at radius 1 is 1.28 bits per heavy atom. The van der Waals surface area contributed by atoms with Gasteiger partial charge in [0, 0.05) is 20.1 Å². The second kappa shape index (κ2) is 8.93. The lowest BCUT2D eigenvalue weighted by molar-refractivity contribution is 0.0938. The number of nitrogens with one attached hydrogen (secondary N) is 2. The summed E-state index contributed by atoms with van der Waals surface area (Å²) in [6, 6.07) is 9.17. The van der Waals surface area contributed by atoms with Crippen LogP contribution in [-0.4, -0.2) is 69.0 Å². The number of likely N-dealkylation sites (N-methyl/N-ethyl adjacent to an activating group) is 1. The number of nitrogens with zero attached hydrogens (tertiary/aromatic N) is 4. The maximum atomic E-state index is 12.5. The molecule has 29 heavy (non-hydrogen) atoms. The summed E-state index contributed by atoms with van der Waals surface area (Å²) in [5.41, 5.74) is -0.618. The van der Waals surface area contributed by atoms with E-state index in [4.69, 9.17) is 4.74 Å². The number of fused-ring (bicyclic) bond motifs is 1. The zero-order valence-corrected chi connectivity index (χ0v) is 16.8. The molecule has 3 N–H and O–H groups in total. The minimum Gasteiger partial charge on any atom is -0.491 e. The molecule has 0 amide bonds. The second-order valence-electron chi connectivity index (χ2n) is 7.04. The topological polar surface area (TPSA) is 117 Å². The Morgan fingerprint density at radius 3 is 2.69 bits per heavy atom. The summed E-state index contributed by atoms with van der Waals surface area (Å²) in [6.07, 6.45) is -0.890. The summed E-state index contributed by atoms with van der Waals surface area (Å²) in [4.78, 5) is 33.1. The van der Waals surface area contributed by atoms with Gasteiger partial charge in [0.05, 0.1) is 6.54 Å². The van der Waals surface area contributed by atoms with Crippen LogP contribution in [0.5, 0.6) is 5.75 Å². The number of aliphatic hydroxyl groups excluding tert-OH is 1. The second-order valence-corrected chi connectivity index (χ2v) is 7.04. The van der Waals surface area contributed by atoms with Gasteiger partial charge < -0.3 is 24.6 Å². The summed E-state index contributed by atoms with van der Waals surface area (Å²) < 4.78 is 8.46. The van der Waals surface area contributed by atoms with Crippen molar-refractivity contribution in [2.24, 2.45) is 7.05 Å². The SMILES string of the molecule is CN(C)CCNc1nc2c(c(=O)[nH]c(=O)n2C)n1CC(O)COc1ccccc1. The van der Waals surface area contributed by atoms with Crippen molar-refractivity contribution in [1.29, 1.82) is 0 Å². The quantitative estimate of drug-likeness (QED) is 0.455. The summed E-state index contributed by atoms with van der Waals surface area (Å²) in [6.45, 7) is 1.45. The van der Waals surface area contributed by atoms with Crippen molar-refractivity contribution in [2.45, 2.75) is 12.6 Å². The predicted molar refractivity (Wildman–Crippen MR) is 111 cm³/mol. The van der Waals surface area contributed by atoms with Crippen LogP contribution < -0.4 is 21.3 Å². The van der Waals surface area contributed by atoms with Gasteiger partial charge in [-0.1, -0.05) is 18.2 Å². The van der Waals surface area contributed by atoms with Crippen molar-refractivity contribution in [1.82, 2.24) is 24.0 Å². The highest BCUT2D eigenvalue weighted by Crippen LogP contribution is 2.16. The normalized spacial score (nSPS) is 12.4. The minimum absolute atomic E-state index is 0.0461. The van der Waals surface area contributed by atoms with Crippen molar-refractivity contribution in [3.63, 3.8) is 0 Å². The molecule has 0 radical (unpaired) electrons. The van der Waals surface area contributed by atoms with Crippen molar-refractivity contribution < 1.29 is 9.84 Å². The van der Waals surface area contributed by atoms with Gasteiger partial charge in [-0.25, -0.2) is 4.79 Å². The fourth-order valence-corrected chi connectivity index (χ4v) is 2.91. The highest BCUT2D eigenvalue weighted by atomic mass is 16.5. The molecule has 0 aliphatic heterocycles. The lowest BCUT2D eigenvalue weighted by atomic mass is 10.3. The first-order valence-electron chi connectivity index (χ1n) is 9.31. The van der Waals surface area contributed by atoms with Gasteiger partial charge in [-0.05, 0) is 26.2 Å². The first-order chi connectivity index (χ1) is 13.9. The molecule has 0 fully saturated rings. The molecule has 0 aliphatic rings. The zero-order chi connectivity index (χ0) is 21.0. The van der Waals surface area contributed by atoms with Gasteiger partial charge in [0.1, 0.15) is 18.5 Å². The van der Waals surface area contributed by atoms with E-state index in [0.717, 1.165) is 6.54 Å². The van der Waals surface area contributed by atoms with Crippen molar-refractivity contribution >= 4 is 17.1 Å². The van der Waals surface area contributed by atoms with Gasteiger partial charge in [-0.3, -0.25) is 14.3 Å². The summed E-state index contributed by atoms with van der Waals surface area (Å²) in [7, 11) is 5.43. The van der Waals surface area contributed by atoms with E-state index in [-0.39, 0.29) is 24.3 Å². The van der Waals surface area contributed by atoms with E-state index in [1.54, 1.807) is 16.7 Å². The number of aromatic nitrogens is 4. The lowest BCUT2D eigenvalue weighted by Crippen LogP contribution is -2.31. The van der Waals surface area contributed by atoms with E-state index in [1.807, 2.05) is 37.2 Å². The average molecular weight is 402 g/mol. The van der Waals surface area contributed by atoms with Gasteiger partial charge >= 0.3 is 5.69 Å². The van der Waals surface area contributed by atoms with Gasteiger partial charge in [-0.2, -0.15) is 4.98 Å². The summed E-state index contributed by atoms with van der Waals surface area (Å²) in [5, 5.41) is 13.7. The summed E-state index contributed by atoms with van der Waals surface area (Å²) >= 11 is 0. The molecule has 1 aromatic carbocycles. The molecule has 0 aliphatic carbocycles. The van der Waals surface area contributed by atoms with Gasteiger partial charge in [0.2, 0.25) is 5.95 Å². The molecule has 1 unspecified atom stereocenters. The maximum absolute atomic E-state index is 12.5. The summed E-state index contributed by atoms with van der Waals surface area (Å²) in [5.74, 6) is 1.05. The van der Waals surface area contributed by atoms with Crippen molar-refractivity contribution in [3.05, 3.63) is 51.2 Å². The number of hydrogen-bond acceptors (Lipinski definition) is 7. The Kier molecular flexibility index (Phi) is 6.35. The number of benzene rings is 1. The van der Waals surface area contributed by atoms with Crippen LogP contribution in [0.2, 0.25) is 0 Å². The molecule has 156 valence electrons. The standard InChI is InChI=1S/C19H26N6O4/c1-23(2)10-9-20-18-21-16-15(17(27)22-19(28)24(16)3)25(18)11-13(26)12-29-14-7-5-4-6-8-14/h4-8,13,26H,9-12H2,1-3H3,(H,20,21)(H,22,27,28). The highest BCUT2D eigenvalue weighted by molar-refractivity contribution is 5.74. The number of aryl methyl sites for hydroxylation is 1. The molecule has 2 aromatic heterocycles. The lowest BCUT2D eigenvalue weighted by Gasteiger charge is -2.16. The Hall–Kier alpha value is -3.11. The molecular weight excluding hydrogens is 376 g/mol. The van der Waals surface area contributed by atoms with E-state index < -0.39 is 17.4 Å². The largest absolute Gasteiger partial charge is 0.491 e. The van der Waals surface area contributed by atoms with E-state index >= 15 is 0 Å². The van der Waals surface area contributed by atoms with Gasteiger partial charge in [-0.15, -0.1) is 0 Å². The molecule has 3 rings (SSSR count). The molecule has 3 aromatic rings. The molecular formula is C19H26N6O4. The Labute approximate surface area is 167 Å². The average Bonchev–Trinajstić information content (AvgIpc) is 3.04. The van der Waals surface area contributed by atoms with Crippen LogP contribution in [-0.2, 0) is 13.6 Å². The number of H-pyrrole nitrogens is 1. The highest BCUT2D eigenvalue weighted by Gasteiger charge is 2.19. The van der Waals surface area contributed by atoms with Crippen LogP contribution >= 0.6 is 0 Å². The smallest absolute Gasteiger partial charge is 0.329 e. The van der Waals surface area contributed by atoms with Crippen molar-refractivity contribution in [3.8, 4) is 5.75 Å². The van der Waals surface area contributed by atoms with Crippen molar-refractivity contribution in [2.75, 3.05) is 39.1 Å². The monoisotopic (exact) mass is 402 g/mol. The first kappa shape index (κ1) is 20.6. The molecule has 10 heteroatoms. The molecule has 1 atom stereocenters. The molecule has 2 heterocycles. The van der Waals surface area contributed by atoms with Gasteiger partial charge in [0.15, 0.2) is 11.2 Å². The molecule has 10 nitrogen and oxygen atoms in total. The number of anilines is 1. The predicted octanol–water partition coefficient (Wildman–Crippen LogP) is -0.163. The van der Waals surface area contributed by atoms with E-state index in [2.05, 4.69) is 15.3 Å². The Morgan fingerprint density at radius 2 is 2.00 bits per heavy atom. The Balaban J connectivity index is 1.87. The minimum atomic E-state index is -0.890. The molecule has 0 saturated carbocycles.